The molecule has 0 saturated carbocycles. The van der Waals surface area contributed by atoms with Gasteiger partial charge in [0.05, 0.1) is 11.4 Å². The van der Waals surface area contributed by atoms with Crippen LogP contribution in [0.4, 0.5) is 5.82 Å². The number of anilines is 1. The Morgan fingerprint density at radius 1 is 1.37 bits per heavy atom. The number of nitrogens with zero attached hydrogens (tertiary/aromatic N) is 1. The molecule has 1 rings (SSSR count). The Hall–Kier alpha value is -1.62. The predicted molar refractivity (Wildman–Crippen MR) is 73.0 cm³/mol. The van der Waals surface area contributed by atoms with Crippen molar-refractivity contribution < 1.29 is 14.3 Å². The molecule has 0 spiro atoms. The number of ether oxygens (including phenoxy) is 1. The van der Waals surface area contributed by atoms with Gasteiger partial charge in [-0.25, -0.2) is 4.98 Å². The molecule has 0 aliphatic heterocycles. The van der Waals surface area contributed by atoms with Gasteiger partial charge < -0.3 is 10.1 Å². The minimum atomic E-state index is -0.544. The van der Waals surface area contributed by atoms with Crippen molar-refractivity contribution in [2.24, 2.45) is 0 Å². The van der Waals surface area contributed by atoms with Crippen molar-refractivity contribution in [3.63, 3.8) is 0 Å². The van der Waals surface area contributed by atoms with Crippen LogP contribution in [0, 0.1) is 0 Å². The molecule has 1 heterocycles. The predicted octanol–water partition coefficient (Wildman–Crippen LogP) is 2.80. The average molecular weight is 285 g/mol. The molecule has 0 atom stereocenters. The van der Waals surface area contributed by atoms with E-state index in [9.17, 15) is 9.59 Å². The van der Waals surface area contributed by atoms with Gasteiger partial charge in [0, 0.05) is 12.6 Å². The van der Waals surface area contributed by atoms with Gasteiger partial charge in [-0.2, -0.15) is 0 Å². The summed E-state index contributed by atoms with van der Waals surface area (Å²) in [7, 11) is 0. The zero-order valence-electron chi connectivity index (χ0n) is 11.2. The molecule has 1 N–H and O–H groups in total. The van der Waals surface area contributed by atoms with Crippen molar-refractivity contribution in [3.05, 3.63) is 23.4 Å². The lowest BCUT2D eigenvalue weighted by Gasteiger charge is -2.19. The fourth-order valence-corrected chi connectivity index (χ4v) is 1.45. The molecule has 0 aromatic carbocycles. The van der Waals surface area contributed by atoms with Crippen molar-refractivity contribution in [2.75, 3.05) is 5.32 Å². The summed E-state index contributed by atoms with van der Waals surface area (Å²) in [4.78, 5) is 27.0. The molecule has 0 aliphatic rings. The third-order valence-electron chi connectivity index (χ3n) is 1.99. The molecule has 0 saturated heterocycles. The summed E-state index contributed by atoms with van der Waals surface area (Å²) >= 11 is 5.85. The van der Waals surface area contributed by atoms with E-state index in [0.717, 1.165) is 0 Å². The van der Waals surface area contributed by atoms with Gasteiger partial charge in [0.15, 0.2) is 5.82 Å². The zero-order chi connectivity index (χ0) is 14.5. The number of esters is 1. The molecule has 0 radical (unpaired) electrons. The second-order valence-corrected chi connectivity index (χ2v) is 5.38. The SMILES string of the molecule is CC(C)(C)OC(=O)CCC(=O)Nc1ncccc1Cl. The largest absolute Gasteiger partial charge is 0.460 e. The summed E-state index contributed by atoms with van der Waals surface area (Å²) in [5.74, 6) is -0.445. The van der Waals surface area contributed by atoms with E-state index in [1.165, 1.54) is 6.20 Å². The normalized spacial score (nSPS) is 10.9. The van der Waals surface area contributed by atoms with Crippen molar-refractivity contribution in [1.29, 1.82) is 0 Å². The Kier molecular flexibility index (Phi) is 5.30. The minimum Gasteiger partial charge on any atom is -0.460 e. The van der Waals surface area contributed by atoms with Crippen molar-refractivity contribution >= 4 is 29.3 Å². The molecule has 1 aromatic heterocycles. The van der Waals surface area contributed by atoms with Crippen LogP contribution in [0.15, 0.2) is 18.3 Å². The smallest absolute Gasteiger partial charge is 0.306 e. The lowest BCUT2D eigenvalue weighted by molar-refractivity contribution is -0.155. The zero-order valence-corrected chi connectivity index (χ0v) is 12.0. The molecule has 0 unspecified atom stereocenters. The number of carbonyl (C=O) groups is 2. The van der Waals surface area contributed by atoms with E-state index in [1.54, 1.807) is 32.9 Å². The Balaban J connectivity index is 2.41. The average Bonchev–Trinajstić information content (AvgIpc) is 2.27. The maximum absolute atomic E-state index is 11.6. The van der Waals surface area contributed by atoms with E-state index in [2.05, 4.69) is 10.3 Å². The number of rotatable bonds is 4. The second-order valence-electron chi connectivity index (χ2n) is 4.97. The van der Waals surface area contributed by atoms with Crippen LogP contribution in [0.5, 0.6) is 0 Å². The molecule has 1 aromatic rings. The Bertz CT molecular complexity index is 469. The molecule has 104 valence electrons. The third kappa shape index (κ3) is 6.20. The van der Waals surface area contributed by atoms with E-state index in [1.807, 2.05) is 0 Å². The molecular formula is C13H17ClN2O3. The summed E-state index contributed by atoms with van der Waals surface area (Å²) < 4.78 is 5.10. The van der Waals surface area contributed by atoms with Crippen LogP contribution < -0.4 is 5.32 Å². The first-order chi connectivity index (χ1) is 8.78. The monoisotopic (exact) mass is 284 g/mol. The first kappa shape index (κ1) is 15.4. The highest BCUT2D eigenvalue weighted by atomic mass is 35.5. The number of pyridine rings is 1. The van der Waals surface area contributed by atoms with Gasteiger partial charge in [-0.3, -0.25) is 9.59 Å². The van der Waals surface area contributed by atoms with E-state index in [0.29, 0.717) is 10.8 Å². The van der Waals surface area contributed by atoms with Gasteiger partial charge in [0.1, 0.15) is 5.60 Å². The minimum absolute atomic E-state index is 0.0214. The van der Waals surface area contributed by atoms with Crippen LogP contribution >= 0.6 is 11.6 Å². The lowest BCUT2D eigenvalue weighted by atomic mass is 10.2. The number of amides is 1. The van der Waals surface area contributed by atoms with Crippen LogP contribution in [0.2, 0.25) is 5.02 Å². The van der Waals surface area contributed by atoms with E-state index in [4.69, 9.17) is 16.3 Å². The van der Waals surface area contributed by atoms with Crippen molar-refractivity contribution in [1.82, 2.24) is 4.98 Å². The highest BCUT2D eigenvalue weighted by Gasteiger charge is 2.17. The summed E-state index contributed by atoms with van der Waals surface area (Å²) in [6.45, 7) is 5.33. The molecule has 0 bridgehead atoms. The molecule has 0 aliphatic carbocycles. The van der Waals surface area contributed by atoms with Gasteiger partial charge in [-0.1, -0.05) is 11.6 Å². The lowest BCUT2D eigenvalue weighted by Crippen LogP contribution is -2.24. The Morgan fingerprint density at radius 3 is 2.63 bits per heavy atom. The van der Waals surface area contributed by atoms with Gasteiger partial charge >= 0.3 is 5.97 Å². The van der Waals surface area contributed by atoms with Crippen LogP contribution in [0.3, 0.4) is 0 Å². The van der Waals surface area contributed by atoms with Gasteiger partial charge in [0.2, 0.25) is 5.91 Å². The van der Waals surface area contributed by atoms with Crippen LogP contribution in [-0.2, 0) is 14.3 Å². The number of hydrogen-bond donors (Lipinski definition) is 1. The number of halogens is 1. The molecule has 1 amide bonds. The van der Waals surface area contributed by atoms with E-state index >= 15 is 0 Å². The van der Waals surface area contributed by atoms with Gasteiger partial charge in [-0.05, 0) is 32.9 Å². The first-order valence-corrected chi connectivity index (χ1v) is 6.28. The maximum Gasteiger partial charge on any atom is 0.306 e. The quantitative estimate of drug-likeness (QED) is 0.863. The van der Waals surface area contributed by atoms with Crippen LogP contribution in [-0.4, -0.2) is 22.5 Å². The third-order valence-corrected chi connectivity index (χ3v) is 2.30. The Morgan fingerprint density at radius 2 is 2.05 bits per heavy atom. The number of nitrogens with one attached hydrogen (secondary N) is 1. The maximum atomic E-state index is 11.6. The van der Waals surface area contributed by atoms with Crippen molar-refractivity contribution in [2.45, 2.75) is 39.2 Å². The highest BCUT2D eigenvalue weighted by molar-refractivity contribution is 6.33. The summed E-state index contributed by atoms with van der Waals surface area (Å²) in [6.07, 6.45) is 1.57. The van der Waals surface area contributed by atoms with E-state index in [-0.39, 0.29) is 18.7 Å². The fourth-order valence-electron chi connectivity index (χ4n) is 1.28. The van der Waals surface area contributed by atoms with Crippen molar-refractivity contribution in [3.8, 4) is 0 Å². The number of carbonyl (C=O) groups excluding carboxylic acids is 2. The molecular weight excluding hydrogens is 268 g/mol. The summed E-state index contributed by atoms with van der Waals surface area (Å²) in [6, 6.07) is 3.29. The summed E-state index contributed by atoms with van der Waals surface area (Å²) in [5, 5.41) is 2.89. The van der Waals surface area contributed by atoms with Gasteiger partial charge in [0.25, 0.3) is 0 Å². The van der Waals surface area contributed by atoms with E-state index < -0.39 is 11.6 Å². The van der Waals surface area contributed by atoms with Crippen LogP contribution in [0.25, 0.3) is 0 Å². The Labute approximate surface area is 117 Å². The molecule has 5 nitrogen and oxygen atoms in total. The van der Waals surface area contributed by atoms with Crippen LogP contribution in [0.1, 0.15) is 33.6 Å². The molecule has 19 heavy (non-hydrogen) atoms. The molecule has 0 fully saturated rings. The van der Waals surface area contributed by atoms with Gasteiger partial charge in [-0.15, -0.1) is 0 Å². The standard InChI is InChI=1S/C13H17ClN2O3/c1-13(2,3)19-11(18)7-6-10(17)16-12-9(14)5-4-8-15-12/h4-5,8H,6-7H2,1-3H3,(H,15,16,17). The number of hydrogen-bond acceptors (Lipinski definition) is 4. The second kappa shape index (κ2) is 6.52. The number of aromatic nitrogens is 1. The first-order valence-electron chi connectivity index (χ1n) is 5.90. The molecule has 6 heteroatoms. The fraction of sp³-hybridized carbons (Fsp3) is 0.462. The topological polar surface area (TPSA) is 68.3 Å². The summed E-state index contributed by atoms with van der Waals surface area (Å²) in [5.41, 5.74) is -0.544. The highest BCUT2D eigenvalue weighted by Crippen LogP contribution is 2.17.